The number of allylic oxidation sites excluding steroid dienone is 1. The van der Waals surface area contributed by atoms with Crippen LogP contribution in [0.2, 0.25) is 0 Å². The van der Waals surface area contributed by atoms with Crippen LogP contribution in [0.15, 0.2) is 61.2 Å². The topological polar surface area (TPSA) is 26.3 Å². The molecule has 0 atom stereocenters. The minimum atomic E-state index is -0.327. The Bertz CT molecular complexity index is 802. The van der Waals surface area contributed by atoms with Crippen molar-refractivity contribution in [3.63, 3.8) is 0 Å². The van der Waals surface area contributed by atoms with Gasteiger partial charge in [0.25, 0.3) is 0 Å². The molecule has 2 aromatic rings. The van der Waals surface area contributed by atoms with Crippen LogP contribution in [-0.2, 0) is 22.4 Å². The molecule has 0 aromatic heterocycles. The van der Waals surface area contributed by atoms with E-state index < -0.39 is 0 Å². The summed E-state index contributed by atoms with van der Waals surface area (Å²) in [6.45, 7) is 3.89. The van der Waals surface area contributed by atoms with Crippen molar-refractivity contribution in [2.24, 2.45) is 0 Å². The van der Waals surface area contributed by atoms with Gasteiger partial charge in [0.2, 0.25) is 0 Å². The van der Waals surface area contributed by atoms with E-state index in [0.717, 1.165) is 38.5 Å². The third-order valence-electron chi connectivity index (χ3n) is 5.12. The van der Waals surface area contributed by atoms with Crippen molar-refractivity contribution in [3.05, 3.63) is 83.4 Å². The number of esters is 1. The number of carbonyl (C=O) groups excluding carboxylic acids is 1. The zero-order chi connectivity index (χ0) is 18.9. The predicted octanol–water partition coefficient (Wildman–Crippen LogP) is 6.01. The zero-order valence-electron chi connectivity index (χ0n) is 16.0. The molecule has 0 spiro atoms. The second kappa shape index (κ2) is 9.91. The van der Waals surface area contributed by atoms with Crippen LogP contribution >= 0.6 is 0 Å². The molecule has 0 unspecified atom stereocenters. The standard InChI is InChI=1S/C25H28O2/c1-2-25(26)27-17-9-4-3-6-10-20-13-14-22-15-16-23(19-24(22)18-20)21-11-7-5-8-12-21/h2,5,7-8,11-14,18-19H,1,3-4,6,9-10,15-17H2. The summed E-state index contributed by atoms with van der Waals surface area (Å²) in [6.07, 6.45) is 11.3. The highest BCUT2D eigenvalue weighted by Gasteiger charge is 2.12. The first-order valence-corrected chi connectivity index (χ1v) is 9.93. The van der Waals surface area contributed by atoms with E-state index >= 15 is 0 Å². The molecule has 0 saturated carbocycles. The summed E-state index contributed by atoms with van der Waals surface area (Å²) in [6, 6.07) is 17.6. The van der Waals surface area contributed by atoms with Crippen molar-refractivity contribution in [3.8, 4) is 0 Å². The summed E-state index contributed by atoms with van der Waals surface area (Å²) in [4.78, 5) is 11.0. The Balaban J connectivity index is 1.49. The molecule has 0 heterocycles. The van der Waals surface area contributed by atoms with Crippen LogP contribution in [0.5, 0.6) is 0 Å². The average Bonchev–Trinajstić information content (AvgIpc) is 2.73. The molecule has 1 aliphatic rings. The quantitative estimate of drug-likeness (QED) is 0.311. The number of carbonyl (C=O) groups is 1. The van der Waals surface area contributed by atoms with Gasteiger partial charge in [-0.15, -0.1) is 0 Å². The molecule has 0 bridgehead atoms. The van der Waals surface area contributed by atoms with Gasteiger partial charge in [0, 0.05) is 6.08 Å². The summed E-state index contributed by atoms with van der Waals surface area (Å²) >= 11 is 0. The highest BCUT2D eigenvalue weighted by atomic mass is 16.5. The van der Waals surface area contributed by atoms with Gasteiger partial charge >= 0.3 is 5.97 Å². The van der Waals surface area contributed by atoms with Crippen molar-refractivity contribution < 1.29 is 9.53 Å². The lowest BCUT2D eigenvalue weighted by Gasteiger charge is -2.18. The van der Waals surface area contributed by atoms with E-state index in [1.807, 2.05) is 0 Å². The summed E-state index contributed by atoms with van der Waals surface area (Å²) in [7, 11) is 0. The number of aryl methyl sites for hydroxylation is 2. The van der Waals surface area contributed by atoms with Gasteiger partial charge in [0.05, 0.1) is 6.61 Å². The molecule has 0 saturated heterocycles. The highest BCUT2D eigenvalue weighted by Crippen LogP contribution is 2.31. The lowest BCUT2D eigenvalue weighted by Crippen LogP contribution is -2.02. The van der Waals surface area contributed by atoms with E-state index in [1.54, 1.807) is 0 Å². The molecule has 0 fully saturated rings. The van der Waals surface area contributed by atoms with Crippen LogP contribution < -0.4 is 0 Å². The first-order chi connectivity index (χ1) is 13.3. The number of hydrogen-bond donors (Lipinski definition) is 0. The number of fused-ring (bicyclic) bond motifs is 1. The van der Waals surface area contributed by atoms with E-state index in [1.165, 1.54) is 40.3 Å². The molecule has 27 heavy (non-hydrogen) atoms. The Morgan fingerprint density at radius 2 is 1.81 bits per heavy atom. The van der Waals surface area contributed by atoms with Crippen molar-refractivity contribution in [2.45, 2.75) is 44.9 Å². The number of unbranched alkanes of at least 4 members (excludes halogenated alkanes) is 3. The third kappa shape index (κ3) is 5.68. The van der Waals surface area contributed by atoms with Crippen LogP contribution in [0.1, 0.15) is 54.4 Å². The van der Waals surface area contributed by atoms with Crippen LogP contribution in [0, 0.1) is 0 Å². The SMILES string of the molecule is C=CC(=O)OCCCCCCc1ccc2c(c1)C=C(c1ccccc1)CC2. The van der Waals surface area contributed by atoms with Gasteiger partial charge in [-0.2, -0.15) is 0 Å². The van der Waals surface area contributed by atoms with E-state index in [4.69, 9.17) is 4.74 Å². The normalized spacial score (nSPS) is 12.8. The van der Waals surface area contributed by atoms with Gasteiger partial charge in [0.15, 0.2) is 0 Å². The predicted molar refractivity (Wildman–Crippen MR) is 112 cm³/mol. The number of rotatable bonds is 9. The van der Waals surface area contributed by atoms with Gasteiger partial charge in [0.1, 0.15) is 0 Å². The number of ether oxygens (including phenoxy) is 1. The molecular formula is C25H28O2. The van der Waals surface area contributed by atoms with E-state index in [-0.39, 0.29) is 5.97 Å². The van der Waals surface area contributed by atoms with Gasteiger partial charge in [-0.05, 0) is 59.9 Å². The Hall–Kier alpha value is -2.61. The molecule has 0 N–H and O–H groups in total. The van der Waals surface area contributed by atoms with Crippen LogP contribution in [-0.4, -0.2) is 12.6 Å². The highest BCUT2D eigenvalue weighted by molar-refractivity contribution is 5.84. The molecule has 1 aliphatic carbocycles. The summed E-state index contributed by atoms with van der Waals surface area (Å²) in [5, 5.41) is 0. The fraction of sp³-hybridized carbons (Fsp3) is 0.320. The Labute approximate surface area is 162 Å². The fourth-order valence-corrected chi connectivity index (χ4v) is 3.59. The zero-order valence-corrected chi connectivity index (χ0v) is 16.0. The summed E-state index contributed by atoms with van der Waals surface area (Å²) in [5.41, 5.74) is 7.04. The second-order valence-corrected chi connectivity index (χ2v) is 7.10. The first kappa shape index (κ1) is 19.2. The minimum absolute atomic E-state index is 0.327. The largest absolute Gasteiger partial charge is 0.463 e. The average molecular weight is 360 g/mol. The van der Waals surface area contributed by atoms with Crippen molar-refractivity contribution in [1.82, 2.24) is 0 Å². The van der Waals surface area contributed by atoms with Gasteiger partial charge in [-0.25, -0.2) is 4.79 Å². The maximum atomic E-state index is 11.0. The Morgan fingerprint density at radius 1 is 1.00 bits per heavy atom. The van der Waals surface area contributed by atoms with Crippen molar-refractivity contribution in [2.75, 3.05) is 6.61 Å². The summed E-state index contributed by atoms with van der Waals surface area (Å²) < 4.78 is 5.00. The molecular weight excluding hydrogens is 332 g/mol. The van der Waals surface area contributed by atoms with Crippen LogP contribution in [0.3, 0.4) is 0 Å². The molecule has 2 heteroatoms. The lowest BCUT2D eigenvalue weighted by molar-refractivity contribution is -0.137. The van der Waals surface area contributed by atoms with E-state index in [9.17, 15) is 4.79 Å². The number of benzene rings is 2. The van der Waals surface area contributed by atoms with Crippen LogP contribution in [0.4, 0.5) is 0 Å². The maximum Gasteiger partial charge on any atom is 0.330 e. The molecule has 3 rings (SSSR count). The first-order valence-electron chi connectivity index (χ1n) is 9.93. The van der Waals surface area contributed by atoms with Crippen molar-refractivity contribution >= 4 is 17.6 Å². The lowest BCUT2D eigenvalue weighted by atomic mass is 9.87. The molecule has 0 radical (unpaired) electrons. The Morgan fingerprint density at radius 3 is 2.63 bits per heavy atom. The van der Waals surface area contributed by atoms with Gasteiger partial charge < -0.3 is 4.74 Å². The summed E-state index contributed by atoms with van der Waals surface area (Å²) in [5.74, 6) is -0.327. The molecule has 2 nitrogen and oxygen atoms in total. The maximum absolute atomic E-state index is 11.0. The minimum Gasteiger partial charge on any atom is -0.463 e. The fourth-order valence-electron chi connectivity index (χ4n) is 3.59. The molecule has 2 aromatic carbocycles. The second-order valence-electron chi connectivity index (χ2n) is 7.10. The molecule has 0 amide bonds. The molecule has 140 valence electrons. The van der Waals surface area contributed by atoms with E-state index in [2.05, 4.69) is 61.2 Å². The Kier molecular flexibility index (Phi) is 7.04. The molecule has 0 aliphatic heterocycles. The van der Waals surface area contributed by atoms with Gasteiger partial charge in [-0.3, -0.25) is 0 Å². The van der Waals surface area contributed by atoms with Crippen LogP contribution in [0.25, 0.3) is 11.6 Å². The number of hydrogen-bond acceptors (Lipinski definition) is 2. The van der Waals surface area contributed by atoms with Crippen molar-refractivity contribution in [1.29, 1.82) is 0 Å². The third-order valence-corrected chi connectivity index (χ3v) is 5.12. The van der Waals surface area contributed by atoms with E-state index in [0.29, 0.717) is 6.61 Å². The van der Waals surface area contributed by atoms with Gasteiger partial charge in [-0.1, -0.05) is 74.0 Å². The smallest absolute Gasteiger partial charge is 0.330 e. The monoisotopic (exact) mass is 360 g/mol.